The third kappa shape index (κ3) is 7.58. The van der Waals surface area contributed by atoms with E-state index in [1.54, 1.807) is 0 Å². The van der Waals surface area contributed by atoms with Gasteiger partial charge in [-0.25, -0.2) is 0 Å². The van der Waals surface area contributed by atoms with Crippen molar-refractivity contribution in [3.63, 3.8) is 0 Å². The zero-order chi connectivity index (χ0) is 30.9. The highest BCUT2D eigenvalue weighted by Crippen LogP contribution is 2.63. The Hall–Kier alpha value is -1.43. The molecular weight excluding hydrogens is 606 g/mol. The highest BCUT2D eigenvalue weighted by Gasteiger charge is 2.95. The second-order valence-corrected chi connectivity index (χ2v) is 8.21. The summed E-state index contributed by atoms with van der Waals surface area (Å²) >= 11 is 0. The van der Waals surface area contributed by atoms with Crippen LogP contribution in [-0.4, -0.2) is 92.9 Å². The minimum atomic E-state index is -8.72. The standard InChI is InChI=1S/C8F18.C5H14N2O3S/c9-1(10,3(13,14)5(17,18)7(21,22)23)2(11,12)4(15,16)6(19,20)8(24,25)26;1-7(2)5-3-4-6-11(8,9)10/h;6H,3-5H2,1-2H3,(H,8,9,10). The van der Waals surface area contributed by atoms with Crippen molar-refractivity contribution in [2.24, 2.45) is 0 Å². The van der Waals surface area contributed by atoms with E-state index in [2.05, 4.69) is 0 Å². The Balaban J connectivity index is 0. The number of hydrogen-bond donors (Lipinski definition) is 2. The molecule has 0 saturated carbocycles. The third-order valence-electron chi connectivity index (χ3n) is 3.75. The third-order valence-corrected chi connectivity index (χ3v) is 4.32. The normalized spacial score (nSPS) is 15.5. The first-order valence-corrected chi connectivity index (χ1v) is 9.88. The molecule has 2 N–H and O–H groups in total. The van der Waals surface area contributed by atoms with Crippen LogP contribution < -0.4 is 4.72 Å². The number of nitrogens with one attached hydrogen (secondary N) is 1. The molecule has 0 heterocycles. The fraction of sp³-hybridized carbons (Fsp3) is 1.00. The van der Waals surface area contributed by atoms with Crippen molar-refractivity contribution in [3.05, 3.63) is 0 Å². The maximum Gasteiger partial charge on any atom is 0.460 e. The fourth-order valence-electron chi connectivity index (χ4n) is 1.74. The summed E-state index contributed by atoms with van der Waals surface area (Å²) in [6.07, 6.45) is -14.9. The molecule has 0 aliphatic rings. The van der Waals surface area contributed by atoms with E-state index in [9.17, 15) is 87.4 Å². The lowest BCUT2D eigenvalue weighted by atomic mass is 9.91. The molecule has 0 aromatic heterocycles. The van der Waals surface area contributed by atoms with Crippen LogP contribution in [-0.2, 0) is 10.3 Å². The van der Waals surface area contributed by atoms with Crippen LogP contribution in [0, 0.1) is 0 Å². The first-order valence-electron chi connectivity index (χ1n) is 8.44. The lowest BCUT2D eigenvalue weighted by Crippen LogP contribution is -2.74. The van der Waals surface area contributed by atoms with Gasteiger partial charge in [-0.15, -0.1) is 0 Å². The molecule has 0 aromatic carbocycles. The van der Waals surface area contributed by atoms with Gasteiger partial charge in [0.05, 0.1) is 0 Å². The fourth-order valence-corrected chi connectivity index (χ4v) is 2.14. The minimum absolute atomic E-state index is 0.275. The molecule has 0 atom stereocenters. The molecule has 0 saturated heterocycles. The zero-order valence-corrected chi connectivity index (χ0v) is 18.4. The van der Waals surface area contributed by atoms with Gasteiger partial charge in [-0.2, -0.15) is 92.2 Å². The van der Waals surface area contributed by atoms with Crippen molar-refractivity contribution in [2.45, 2.75) is 54.3 Å². The summed E-state index contributed by atoms with van der Waals surface area (Å²) in [5.74, 6) is -51.0. The van der Waals surface area contributed by atoms with Gasteiger partial charge in [-0.3, -0.25) is 4.55 Å². The van der Waals surface area contributed by atoms with Crippen molar-refractivity contribution < 1.29 is 92.0 Å². The zero-order valence-electron chi connectivity index (χ0n) is 17.5. The first-order chi connectivity index (χ1) is 15.7. The summed E-state index contributed by atoms with van der Waals surface area (Å²) in [7, 11) is -0.198. The van der Waals surface area contributed by atoms with Crippen molar-refractivity contribution >= 4 is 10.3 Å². The predicted molar refractivity (Wildman–Crippen MR) is 84.5 cm³/mol. The lowest BCUT2D eigenvalue weighted by molar-refractivity contribution is -0.468. The van der Waals surface area contributed by atoms with E-state index in [0.717, 1.165) is 6.54 Å². The SMILES string of the molecule is CN(C)CCCNS(=O)(=O)O.FC(F)(F)C(F)(F)C(F)(F)C(F)(F)C(F)(F)C(F)(F)C(F)(F)C(F)(F)F. The van der Waals surface area contributed by atoms with E-state index in [4.69, 9.17) is 4.55 Å². The van der Waals surface area contributed by atoms with Crippen LogP contribution in [0.3, 0.4) is 0 Å². The second kappa shape index (κ2) is 11.0. The van der Waals surface area contributed by atoms with Crippen molar-refractivity contribution in [2.75, 3.05) is 27.2 Å². The monoisotopic (exact) mass is 620 g/mol. The average molecular weight is 620 g/mol. The largest absolute Gasteiger partial charge is 0.460 e. The maximum absolute atomic E-state index is 12.8. The summed E-state index contributed by atoms with van der Waals surface area (Å²) in [6, 6.07) is 0. The average Bonchev–Trinajstić information content (AvgIpc) is 2.62. The van der Waals surface area contributed by atoms with Crippen molar-refractivity contribution in [1.82, 2.24) is 9.62 Å². The molecule has 0 aliphatic heterocycles. The maximum atomic E-state index is 12.8. The number of hydrogen-bond acceptors (Lipinski definition) is 3. The van der Waals surface area contributed by atoms with Gasteiger partial charge in [0.2, 0.25) is 0 Å². The van der Waals surface area contributed by atoms with Gasteiger partial charge >= 0.3 is 58.2 Å². The van der Waals surface area contributed by atoms with Gasteiger partial charge in [0, 0.05) is 6.54 Å². The van der Waals surface area contributed by atoms with Gasteiger partial charge in [0.1, 0.15) is 0 Å². The van der Waals surface area contributed by atoms with Crippen LogP contribution in [0.4, 0.5) is 79.0 Å². The van der Waals surface area contributed by atoms with Crippen LogP contribution >= 0.6 is 0 Å². The van der Waals surface area contributed by atoms with Gasteiger partial charge in [0.15, 0.2) is 0 Å². The molecule has 24 heteroatoms. The molecule has 0 amide bonds. The van der Waals surface area contributed by atoms with Crippen molar-refractivity contribution in [3.8, 4) is 0 Å². The molecule has 0 spiro atoms. The molecule has 0 fully saturated rings. The number of halogens is 18. The number of rotatable bonds is 10. The Labute approximate surface area is 194 Å². The van der Waals surface area contributed by atoms with Crippen LogP contribution in [0.15, 0.2) is 0 Å². The summed E-state index contributed by atoms with van der Waals surface area (Å²) in [5.41, 5.74) is 0. The first kappa shape index (κ1) is 37.7. The van der Waals surface area contributed by atoms with Gasteiger partial charge in [-0.1, -0.05) is 0 Å². The topological polar surface area (TPSA) is 69.6 Å². The number of nitrogens with zero attached hydrogens (tertiary/aromatic N) is 1. The Morgan fingerprint density at radius 3 is 1.00 bits per heavy atom. The van der Waals surface area contributed by atoms with E-state index in [0.29, 0.717) is 6.42 Å². The van der Waals surface area contributed by atoms with Crippen LogP contribution in [0.1, 0.15) is 6.42 Å². The Kier molecular flexibility index (Phi) is 11.2. The Morgan fingerprint density at radius 1 is 0.568 bits per heavy atom. The molecule has 0 aliphatic carbocycles. The molecule has 0 bridgehead atoms. The molecule has 0 unspecified atom stereocenters. The van der Waals surface area contributed by atoms with E-state index in [-0.39, 0.29) is 6.54 Å². The van der Waals surface area contributed by atoms with Gasteiger partial charge in [-0.05, 0) is 27.1 Å². The molecule has 5 nitrogen and oxygen atoms in total. The smallest absolute Gasteiger partial charge is 0.309 e. The molecule has 226 valence electrons. The molecule has 0 rings (SSSR count). The minimum Gasteiger partial charge on any atom is -0.309 e. The summed E-state index contributed by atoms with van der Waals surface area (Å²) in [6.45, 7) is 1.07. The predicted octanol–water partition coefficient (Wildman–Crippen LogP) is 5.25. The highest BCUT2D eigenvalue weighted by atomic mass is 32.2. The van der Waals surface area contributed by atoms with Crippen LogP contribution in [0.5, 0.6) is 0 Å². The van der Waals surface area contributed by atoms with Crippen LogP contribution in [0.25, 0.3) is 0 Å². The summed E-state index contributed by atoms with van der Waals surface area (Å²) in [4.78, 5) is 1.94. The number of alkyl halides is 18. The Bertz CT molecular complexity index is 802. The lowest BCUT2D eigenvalue weighted by Gasteiger charge is -2.41. The van der Waals surface area contributed by atoms with E-state index in [1.807, 2.05) is 23.7 Å². The van der Waals surface area contributed by atoms with E-state index >= 15 is 0 Å². The van der Waals surface area contributed by atoms with Crippen LogP contribution in [0.2, 0.25) is 0 Å². The summed E-state index contributed by atoms with van der Waals surface area (Å²) in [5, 5.41) is 0. The van der Waals surface area contributed by atoms with Gasteiger partial charge in [0.25, 0.3) is 0 Å². The highest BCUT2D eigenvalue weighted by molar-refractivity contribution is 7.83. The molecule has 0 aromatic rings. The molecule has 37 heavy (non-hydrogen) atoms. The van der Waals surface area contributed by atoms with E-state index in [1.165, 1.54) is 0 Å². The molecular formula is C13H14F18N2O3S. The van der Waals surface area contributed by atoms with Crippen molar-refractivity contribution in [1.29, 1.82) is 0 Å². The van der Waals surface area contributed by atoms with Gasteiger partial charge < -0.3 is 4.90 Å². The Morgan fingerprint density at radius 2 is 0.811 bits per heavy atom. The second-order valence-electron chi connectivity index (χ2n) is 6.97. The quantitative estimate of drug-likeness (QED) is 0.199. The molecule has 0 radical (unpaired) electrons. The van der Waals surface area contributed by atoms with E-state index < -0.39 is 58.2 Å². The summed E-state index contributed by atoms with van der Waals surface area (Å²) < 4.78 is 251.